The average molecular weight is 321 g/mol. The number of carbonyl (C=O) groups is 1. The van der Waals surface area contributed by atoms with Crippen LogP contribution in [0.25, 0.3) is 10.9 Å². The first-order valence-electron chi connectivity index (χ1n) is 7.87. The standard InChI is InChI=1S/C20H19NO3/c1-14-6-5-7-15(2)19(14)23-12-13-24-20(22)18-11-10-16-8-3-4-9-17(16)21-18/h3-11H,12-13H2,1-2H3. The van der Waals surface area contributed by atoms with Crippen LogP contribution in [-0.4, -0.2) is 24.2 Å². The zero-order valence-corrected chi connectivity index (χ0v) is 13.8. The molecule has 0 aliphatic rings. The highest BCUT2D eigenvalue weighted by molar-refractivity contribution is 5.90. The molecular formula is C20H19NO3. The Bertz CT molecular complexity index is 853. The molecule has 3 aromatic rings. The van der Waals surface area contributed by atoms with Crippen molar-refractivity contribution in [3.63, 3.8) is 0 Å². The molecule has 0 unspecified atom stereocenters. The first-order valence-corrected chi connectivity index (χ1v) is 7.87. The fourth-order valence-electron chi connectivity index (χ4n) is 2.56. The Morgan fingerprint density at radius 3 is 2.46 bits per heavy atom. The number of nitrogens with zero attached hydrogens (tertiary/aromatic N) is 1. The summed E-state index contributed by atoms with van der Waals surface area (Å²) in [7, 11) is 0. The van der Waals surface area contributed by atoms with Crippen molar-refractivity contribution >= 4 is 16.9 Å². The van der Waals surface area contributed by atoms with Crippen LogP contribution in [0.3, 0.4) is 0 Å². The lowest BCUT2D eigenvalue weighted by atomic mass is 10.1. The summed E-state index contributed by atoms with van der Waals surface area (Å²) in [6.07, 6.45) is 0. The van der Waals surface area contributed by atoms with E-state index in [4.69, 9.17) is 9.47 Å². The van der Waals surface area contributed by atoms with Crippen LogP contribution in [0.4, 0.5) is 0 Å². The van der Waals surface area contributed by atoms with Crippen molar-refractivity contribution in [2.45, 2.75) is 13.8 Å². The highest BCUT2D eigenvalue weighted by Crippen LogP contribution is 2.22. The smallest absolute Gasteiger partial charge is 0.357 e. The fourth-order valence-corrected chi connectivity index (χ4v) is 2.56. The maximum Gasteiger partial charge on any atom is 0.357 e. The molecule has 0 bridgehead atoms. The Labute approximate surface area is 141 Å². The minimum atomic E-state index is -0.439. The number of fused-ring (bicyclic) bond motifs is 1. The Kier molecular flexibility index (Phi) is 4.75. The second-order valence-corrected chi connectivity index (χ2v) is 5.59. The van der Waals surface area contributed by atoms with E-state index in [0.717, 1.165) is 27.8 Å². The van der Waals surface area contributed by atoms with Gasteiger partial charge in [-0.2, -0.15) is 0 Å². The van der Waals surface area contributed by atoms with Crippen molar-refractivity contribution in [3.8, 4) is 5.75 Å². The van der Waals surface area contributed by atoms with Crippen LogP contribution in [0.1, 0.15) is 21.6 Å². The summed E-state index contributed by atoms with van der Waals surface area (Å²) in [5.41, 5.74) is 3.22. The highest BCUT2D eigenvalue weighted by atomic mass is 16.6. The molecule has 3 rings (SSSR count). The Morgan fingerprint density at radius 2 is 1.67 bits per heavy atom. The van der Waals surface area contributed by atoms with E-state index in [1.54, 1.807) is 6.07 Å². The summed E-state index contributed by atoms with van der Waals surface area (Å²) in [5, 5.41) is 0.993. The van der Waals surface area contributed by atoms with Crippen LogP contribution >= 0.6 is 0 Å². The molecule has 0 spiro atoms. The number of ether oxygens (including phenoxy) is 2. The minimum absolute atomic E-state index is 0.182. The minimum Gasteiger partial charge on any atom is -0.489 e. The summed E-state index contributed by atoms with van der Waals surface area (Å²) in [4.78, 5) is 16.4. The molecule has 0 N–H and O–H groups in total. The molecule has 2 aromatic carbocycles. The van der Waals surface area contributed by atoms with Gasteiger partial charge >= 0.3 is 5.97 Å². The van der Waals surface area contributed by atoms with E-state index in [1.165, 1.54) is 0 Å². The van der Waals surface area contributed by atoms with Gasteiger partial charge in [0.2, 0.25) is 0 Å². The second-order valence-electron chi connectivity index (χ2n) is 5.59. The Balaban J connectivity index is 1.57. The third kappa shape index (κ3) is 3.54. The molecule has 1 aromatic heterocycles. The van der Waals surface area contributed by atoms with Crippen molar-refractivity contribution in [1.82, 2.24) is 4.98 Å². The molecule has 0 saturated heterocycles. The van der Waals surface area contributed by atoms with Crippen molar-refractivity contribution in [3.05, 3.63) is 71.4 Å². The molecule has 0 atom stereocenters. The molecule has 122 valence electrons. The summed E-state index contributed by atoms with van der Waals surface area (Å²) in [5.74, 6) is 0.406. The van der Waals surface area contributed by atoms with E-state index >= 15 is 0 Å². The van der Waals surface area contributed by atoms with E-state index in [0.29, 0.717) is 12.3 Å². The van der Waals surface area contributed by atoms with Gasteiger partial charge in [0.05, 0.1) is 5.52 Å². The van der Waals surface area contributed by atoms with Crippen molar-refractivity contribution < 1.29 is 14.3 Å². The van der Waals surface area contributed by atoms with E-state index < -0.39 is 5.97 Å². The van der Waals surface area contributed by atoms with E-state index in [2.05, 4.69) is 4.98 Å². The van der Waals surface area contributed by atoms with Gasteiger partial charge in [-0.05, 0) is 37.1 Å². The molecule has 24 heavy (non-hydrogen) atoms. The van der Waals surface area contributed by atoms with Crippen molar-refractivity contribution in [1.29, 1.82) is 0 Å². The number of aromatic nitrogens is 1. The molecule has 0 aliphatic heterocycles. The average Bonchev–Trinajstić information content (AvgIpc) is 2.60. The van der Waals surface area contributed by atoms with Gasteiger partial charge < -0.3 is 9.47 Å². The summed E-state index contributed by atoms with van der Waals surface area (Å²) < 4.78 is 11.0. The third-order valence-electron chi connectivity index (χ3n) is 3.78. The maximum atomic E-state index is 12.1. The van der Waals surface area contributed by atoms with E-state index in [1.807, 2.05) is 62.4 Å². The van der Waals surface area contributed by atoms with Crippen molar-refractivity contribution in [2.24, 2.45) is 0 Å². The largest absolute Gasteiger partial charge is 0.489 e. The first kappa shape index (κ1) is 16.0. The van der Waals surface area contributed by atoms with Gasteiger partial charge in [0.15, 0.2) is 0 Å². The van der Waals surface area contributed by atoms with Crippen LogP contribution in [0.5, 0.6) is 5.75 Å². The molecule has 4 heteroatoms. The number of benzene rings is 2. The van der Waals surface area contributed by atoms with Crippen LogP contribution in [0, 0.1) is 13.8 Å². The maximum absolute atomic E-state index is 12.1. The SMILES string of the molecule is Cc1cccc(C)c1OCCOC(=O)c1ccc2ccccc2n1. The normalized spacial score (nSPS) is 10.6. The number of pyridine rings is 1. The number of para-hydroxylation sites is 2. The number of rotatable bonds is 5. The van der Waals surface area contributed by atoms with Gasteiger partial charge in [-0.1, -0.05) is 42.5 Å². The quantitative estimate of drug-likeness (QED) is 0.524. The molecule has 0 aliphatic carbocycles. The molecule has 0 amide bonds. The number of carbonyl (C=O) groups excluding carboxylic acids is 1. The molecule has 0 fully saturated rings. The predicted octanol–water partition coefficient (Wildman–Crippen LogP) is 4.09. The second kappa shape index (κ2) is 7.13. The number of hydrogen-bond donors (Lipinski definition) is 0. The van der Waals surface area contributed by atoms with Crippen molar-refractivity contribution in [2.75, 3.05) is 13.2 Å². The van der Waals surface area contributed by atoms with Gasteiger partial charge in [0, 0.05) is 5.39 Å². The topological polar surface area (TPSA) is 48.4 Å². The fraction of sp³-hybridized carbons (Fsp3) is 0.200. The zero-order chi connectivity index (χ0) is 16.9. The van der Waals surface area contributed by atoms with Crippen LogP contribution in [0.2, 0.25) is 0 Å². The highest BCUT2D eigenvalue weighted by Gasteiger charge is 2.10. The van der Waals surface area contributed by atoms with Gasteiger partial charge in [-0.25, -0.2) is 9.78 Å². The molecule has 0 saturated carbocycles. The van der Waals surface area contributed by atoms with E-state index in [9.17, 15) is 4.79 Å². The third-order valence-corrected chi connectivity index (χ3v) is 3.78. The van der Waals surface area contributed by atoms with Gasteiger partial charge in [-0.15, -0.1) is 0 Å². The van der Waals surface area contributed by atoms with Crippen LogP contribution < -0.4 is 4.74 Å². The lowest BCUT2D eigenvalue weighted by Gasteiger charge is -2.12. The molecule has 4 nitrogen and oxygen atoms in total. The molecule has 0 radical (unpaired) electrons. The van der Waals surface area contributed by atoms with Crippen LogP contribution in [-0.2, 0) is 4.74 Å². The first-order chi connectivity index (χ1) is 11.6. The molecule has 1 heterocycles. The lowest BCUT2D eigenvalue weighted by Crippen LogP contribution is -2.14. The monoisotopic (exact) mass is 321 g/mol. The summed E-state index contributed by atoms with van der Waals surface area (Å²) >= 11 is 0. The zero-order valence-electron chi connectivity index (χ0n) is 13.8. The summed E-state index contributed by atoms with van der Waals surface area (Å²) in [6, 6.07) is 17.2. The number of aryl methyl sites for hydroxylation is 2. The lowest BCUT2D eigenvalue weighted by molar-refractivity contribution is 0.0443. The Hall–Kier alpha value is -2.88. The number of hydrogen-bond acceptors (Lipinski definition) is 4. The van der Waals surface area contributed by atoms with Gasteiger partial charge in [0.25, 0.3) is 0 Å². The van der Waals surface area contributed by atoms with Crippen LogP contribution in [0.15, 0.2) is 54.6 Å². The van der Waals surface area contributed by atoms with Gasteiger partial charge in [0.1, 0.15) is 24.7 Å². The van der Waals surface area contributed by atoms with E-state index in [-0.39, 0.29) is 6.61 Å². The summed E-state index contributed by atoms with van der Waals surface area (Å²) in [6.45, 7) is 4.48. The van der Waals surface area contributed by atoms with Gasteiger partial charge in [-0.3, -0.25) is 0 Å². The number of esters is 1. The molecular weight excluding hydrogens is 302 g/mol. The Morgan fingerprint density at radius 1 is 0.917 bits per heavy atom. The predicted molar refractivity (Wildman–Crippen MR) is 93.4 cm³/mol.